The molecule has 1 saturated carbocycles. The molecular weight excluding hydrogens is 244 g/mol. The lowest BCUT2D eigenvalue weighted by molar-refractivity contribution is -0.150. The molecule has 2 rings (SSSR count). The van der Waals surface area contributed by atoms with Gasteiger partial charge in [0, 0.05) is 19.8 Å². The fourth-order valence-electron chi connectivity index (χ4n) is 2.69. The molecule has 0 aromatic carbocycles. The zero-order chi connectivity index (χ0) is 13.8. The van der Waals surface area contributed by atoms with Crippen molar-refractivity contribution in [2.24, 2.45) is 5.92 Å². The number of ether oxygens (including phenoxy) is 1. The Hall–Kier alpha value is -1.10. The number of hydrogen-bond donors (Lipinski definition) is 1. The Morgan fingerprint density at radius 1 is 1.32 bits per heavy atom. The van der Waals surface area contributed by atoms with Crippen molar-refractivity contribution < 1.29 is 14.3 Å². The molecule has 0 bridgehead atoms. The largest absolute Gasteiger partial charge is 0.382 e. The first-order chi connectivity index (χ1) is 9.19. The Bertz CT molecular complexity index is 342. The summed E-state index contributed by atoms with van der Waals surface area (Å²) < 4.78 is 5.31. The average Bonchev–Trinajstić information content (AvgIpc) is 3.22. The molecule has 1 aliphatic carbocycles. The third-order valence-corrected chi connectivity index (χ3v) is 3.87. The van der Waals surface area contributed by atoms with Crippen molar-refractivity contribution in [3.8, 4) is 0 Å². The Balaban J connectivity index is 1.99. The van der Waals surface area contributed by atoms with Gasteiger partial charge in [-0.3, -0.25) is 9.59 Å². The van der Waals surface area contributed by atoms with E-state index in [-0.39, 0.29) is 23.9 Å². The fourth-order valence-corrected chi connectivity index (χ4v) is 2.69. The van der Waals surface area contributed by atoms with Gasteiger partial charge < -0.3 is 15.0 Å². The van der Waals surface area contributed by atoms with Crippen LogP contribution in [0.15, 0.2) is 0 Å². The number of amides is 2. The minimum absolute atomic E-state index is 0.0327. The van der Waals surface area contributed by atoms with Gasteiger partial charge in [-0.25, -0.2) is 0 Å². The molecule has 2 atom stereocenters. The molecule has 2 aliphatic rings. The van der Waals surface area contributed by atoms with Gasteiger partial charge >= 0.3 is 0 Å². The smallest absolute Gasteiger partial charge is 0.245 e. The first-order valence-electron chi connectivity index (χ1n) is 7.37. The molecule has 5 heteroatoms. The number of rotatable bonds is 7. The van der Waals surface area contributed by atoms with Crippen LogP contribution in [0, 0.1) is 5.92 Å². The van der Waals surface area contributed by atoms with Crippen LogP contribution in [0.4, 0.5) is 0 Å². The molecule has 108 valence electrons. The third kappa shape index (κ3) is 3.26. The van der Waals surface area contributed by atoms with Crippen LogP contribution in [0.1, 0.15) is 39.5 Å². The minimum Gasteiger partial charge on any atom is -0.382 e. The third-order valence-electron chi connectivity index (χ3n) is 3.87. The lowest BCUT2D eigenvalue weighted by Gasteiger charge is -2.39. The summed E-state index contributed by atoms with van der Waals surface area (Å²) in [6.07, 6.45) is 3.57. The van der Waals surface area contributed by atoms with Crippen LogP contribution in [0.5, 0.6) is 0 Å². The molecule has 5 nitrogen and oxygen atoms in total. The molecule has 0 aromatic rings. The minimum atomic E-state index is -0.338. The second kappa shape index (κ2) is 6.37. The Morgan fingerprint density at radius 3 is 2.63 bits per heavy atom. The van der Waals surface area contributed by atoms with E-state index in [0.717, 1.165) is 19.3 Å². The molecule has 0 spiro atoms. The van der Waals surface area contributed by atoms with Crippen molar-refractivity contribution in [1.82, 2.24) is 10.2 Å². The van der Waals surface area contributed by atoms with Gasteiger partial charge in [-0.1, -0.05) is 6.92 Å². The summed E-state index contributed by atoms with van der Waals surface area (Å²) in [5.74, 6) is 0.481. The maximum atomic E-state index is 12.4. The predicted molar refractivity (Wildman–Crippen MR) is 71.6 cm³/mol. The van der Waals surface area contributed by atoms with E-state index >= 15 is 0 Å². The number of nitrogens with zero attached hydrogens (tertiary/aromatic N) is 1. The number of hydrogen-bond acceptors (Lipinski definition) is 3. The first-order valence-corrected chi connectivity index (χ1v) is 7.37. The molecule has 2 amide bonds. The zero-order valence-corrected chi connectivity index (χ0v) is 11.9. The van der Waals surface area contributed by atoms with Crippen LogP contribution in [0.2, 0.25) is 0 Å². The van der Waals surface area contributed by atoms with Crippen LogP contribution in [-0.2, 0) is 14.3 Å². The maximum Gasteiger partial charge on any atom is 0.245 e. The van der Waals surface area contributed by atoms with Crippen molar-refractivity contribution in [2.45, 2.75) is 51.6 Å². The summed E-state index contributed by atoms with van der Waals surface area (Å²) in [6.45, 7) is 5.86. The van der Waals surface area contributed by atoms with Crippen LogP contribution in [0.3, 0.4) is 0 Å². The highest BCUT2D eigenvalue weighted by Crippen LogP contribution is 2.37. The lowest BCUT2D eigenvalue weighted by Crippen LogP contribution is -2.64. The Labute approximate surface area is 114 Å². The molecule has 1 N–H and O–H groups in total. The molecule has 1 aliphatic heterocycles. The highest BCUT2D eigenvalue weighted by atomic mass is 16.5. The lowest BCUT2D eigenvalue weighted by atomic mass is 10.0. The second-order valence-electron chi connectivity index (χ2n) is 5.33. The van der Waals surface area contributed by atoms with Gasteiger partial charge in [0.05, 0.1) is 0 Å². The summed E-state index contributed by atoms with van der Waals surface area (Å²) >= 11 is 0. The van der Waals surface area contributed by atoms with Gasteiger partial charge in [-0.2, -0.15) is 0 Å². The summed E-state index contributed by atoms with van der Waals surface area (Å²) in [5.41, 5.74) is 0. The number of piperazine rings is 1. The van der Waals surface area contributed by atoms with E-state index < -0.39 is 0 Å². The van der Waals surface area contributed by atoms with Gasteiger partial charge in [0.1, 0.15) is 12.1 Å². The molecule has 2 fully saturated rings. The normalized spacial score (nSPS) is 27.6. The van der Waals surface area contributed by atoms with Gasteiger partial charge in [0.25, 0.3) is 0 Å². The number of carbonyl (C=O) groups excluding carboxylic acids is 2. The van der Waals surface area contributed by atoms with E-state index in [1.54, 1.807) is 4.90 Å². The average molecular weight is 268 g/mol. The quantitative estimate of drug-likeness (QED) is 0.699. The van der Waals surface area contributed by atoms with Gasteiger partial charge in [0.15, 0.2) is 0 Å². The van der Waals surface area contributed by atoms with Crippen LogP contribution in [0.25, 0.3) is 0 Å². The van der Waals surface area contributed by atoms with Crippen molar-refractivity contribution in [2.75, 3.05) is 19.8 Å². The Kier molecular flexibility index (Phi) is 4.80. The van der Waals surface area contributed by atoms with E-state index in [1.807, 2.05) is 13.8 Å². The maximum absolute atomic E-state index is 12.4. The van der Waals surface area contributed by atoms with E-state index in [9.17, 15) is 9.59 Å². The Morgan fingerprint density at radius 2 is 2.05 bits per heavy atom. The van der Waals surface area contributed by atoms with Crippen molar-refractivity contribution in [1.29, 1.82) is 0 Å². The molecule has 1 heterocycles. The van der Waals surface area contributed by atoms with E-state index in [4.69, 9.17) is 4.74 Å². The van der Waals surface area contributed by atoms with Gasteiger partial charge in [-0.15, -0.1) is 0 Å². The number of carbonyl (C=O) groups is 2. The van der Waals surface area contributed by atoms with Gasteiger partial charge in [-0.05, 0) is 38.5 Å². The predicted octanol–water partition coefficient (Wildman–Crippen LogP) is 0.929. The molecule has 0 radical (unpaired) electrons. The summed E-state index contributed by atoms with van der Waals surface area (Å²) in [7, 11) is 0. The molecule has 0 aromatic heterocycles. The molecule has 1 saturated heterocycles. The number of nitrogens with one attached hydrogen (secondary N) is 1. The molecule has 2 unspecified atom stereocenters. The topological polar surface area (TPSA) is 58.6 Å². The summed E-state index contributed by atoms with van der Waals surface area (Å²) in [6, 6.07) is -0.577. The first kappa shape index (κ1) is 14.3. The van der Waals surface area contributed by atoms with E-state index in [0.29, 0.717) is 32.1 Å². The standard InChI is InChI=1S/C14H24N2O3/c1-3-11-14(18)16(8-5-9-19-4-2)12(10-6-7-10)13(17)15-11/h10-12H,3-9H2,1-2H3,(H,15,17). The highest BCUT2D eigenvalue weighted by Gasteiger charge is 2.46. The monoisotopic (exact) mass is 268 g/mol. The SMILES string of the molecule is CCOCCCN1C(=O)C(CC)NC(=O)C1C1CC1. The van der Waals surface area contributed by atoms with Crippen LogP contribution >= 0.6 is 0 Å². The van der Waals surface area contributed by atoms with Crippen LogP contribution in [-0.4, -0.2) is 48.6 Å². The van der Waals surface area contributed by atoms with Gasteiger partial charge in [0.2, 0.25) is 11.8 Å². The summed E-state index contributed by atoms with van der Waals surface area (Å²) in [5, 5.41) is 2.86. The van der Waals surface area contributed by atoms with Crippen LogP contribution < -0.4 is 5.32 Å². The molecule has 19 heavy (non-hydrogen) atoms. The highest BCUT2D eigenvalue weighted by molar-refractivity contribution is 5.97. The van der Waals surface area contributed by atoms with Crippen molar-refractivity contribution in [3.63, 3.8) is 0 Å². The van der Waals surface area contributed by atoms with Crippen molar-refractivity contribution >= 4 is 11.8 Å². The molecular formula is C14H24N2O3. The zero-order valence-electron chi connectivity index (χ0n) is 11.9. The van der Waals surface area contributed by atoms with E-state index in [1.165, 1.54) is 0 Å². The van der Waals surface area contributed by atoms with Crippen molar-refractivity contribution in [3.05, 3.63) is 0 Å². The van der Waals surface area contributed by atoms with E-state index in [2.05, 4.69) is 5.32 Å². The fraction of sp³-hybridized carbons (Fsp3) is 0.857. The summed E-state index contributed by atoms with van der Waals surface area (Å²) in [4.78, 5) is 26.3. The second-order valence-corrected chi connectivity index (χ2v) is 5.33.